The number of benzene rings is 8. The Bertz CT molecular complexity index is 3120. The third-order valence-corrected chi connectivity index (χ3v) is 10.6. The second-order valence-corrected chi connectivity index (χ2v) is 13.4. The maximum Gasteiger partial charge on any atom is 0.0542 e. The highest BCUT2D eigenvalue weighted by Crippen LogP contribution is 2.40. The molecule has 0 aliphatic rings. The molecule has 0 saturated heterocycles. The van der Waals surface area contributed by atoms with E-state index in [0.29, 0.717) is 0 Å². The fourth-order valence-electron chi connectivity index (χ4n) is 8.39. The Balaban J connectivity index is 0.00000338. The number of hydrogen-bond acceptors (Lipinski definition) is 0. The molecule has 11 rings (SSSR count). The van der Waals surface area contributed by atoms with Crippen molar-refractivity contribution in [3.05, 3.63) is 188 Å². The van der Waals surface area contributed by atoms with E-state index in [4.69, 9.17) is 0 Å². The molecule has 0 N–H and O–H groups in total. The van der Waals surface area contributed by atoms with Gasteiger partial charge in [-0.1, -0.05) is 111 Å². The van der Waals surface area contributed by atoms with Crippen molar-refractivity contribution in [1.82, 2.24) is 13.7 Å². The van der Waals surface area contributed by atoms with Crippen LogP contribution in [0.4, 0.5) is 0 Å². The normalized spacial score (nSPS) is 11.7. The molecule has 3 heteroatoms. The Hall–Kier alpha value is -6.84. The van der Waals surface area contributed by atoms with E-state index in [-0.39, 0.29) is 7.43 Å². The minimum absolute atomic E-state index is 0. The lowest BCUT2D eigenvalue weighted by atomic mass is 10.0. The van der Waals surface area contributed by atoms with Crippen LogP contribution < -0.4 is 0 Å². The van der Waals surface area contributed by atoms with Gasteiger partial charge in [0.1, 0.15) is 0 Å². The van der Waals surface area contributed by atoms with Gasteiger partial charge in [-0.05, 0) is 96.1 Å². The van der Waals surface area contributed by atoms with E-state index in [1.807, 2.05) is 0 Å². The van der Waals surface area contributed by atoms with E-state index < -0.39 is 0 Å². The maximum absolute atomic E-state index is 2.43. The van der Waals surface area contributed by atoms with Crippen molar-refractivity contribution in [3.8, 4) is 28.2 Å². The molecule has 0 amide bonds. The predicted octanol–water partition coefficient (Wildman–Crippen LogP) is 13.3. The maximum atomic E-state index is 2.43. The number of aromatic nitrogens is 3. The molecule has 11 aromatic rings. The van der Waals surface area contributed by atoms with Gasteiger partial charge in [0.25, 0.3) is 0 Å². The highest BCUT2D eigenvalue weighted by Gasteiger charge is 2.18. The van der Waals surface area contributed by atoms with Crippen molar-refractivity contribution in [2.45, 2.75) is 7.43 Å². The first-order valence-electron chi connectivity index (χ1n) is 17.5. The second kappa shape index (κ2) is 11.6. The summed E-state index contributed by atoms with van der Waals surface area (Å²) in [6.07, 6.45) is 0. The molecule has 0 bridgehead atoms. The predicted molar refractivity (Wildman–Crippen MR) is 222 cm³/mol. The van der Waals surface area contributed by atoms with Gasteiger partial charge in [0.15, 0.2) is 0 Å². The molecule has 0 radical (unpaired) electrons. The van der Waals surface area contributed by atoms with Crippen LogP contribution in [0.25, 0.3) is 93.6 Å². The summed E-state index contributed by atoms with van der Waals surface area (Å²) in [4.78, 5) is 0. The van der Waals surface area contributed by atoms with E-state index in [1.165, 1.54) is 87.9 Å². The lowest BCUT2D eigenvalue weighted by molar-refractivity contribution is 1.17. The van der Waals surface area contributed by atoms with E-state index in [9.17, 15) is 0 Å². The Kier molecular flexibility index (Phi) is 6.71. The van der Waals surface area contributed by atoms with Gasteiger partial charge >= 0.3 is 0 Å². The molecular formula is C49H35N3. The summed E-state index contributed by atoms with van der Waals surface area (Å²) in [7, 11) is 0. The van der Waals surface area contributed by atoms with E-state index in [2.05, 4.69) is 202 Å². The Morgan fingerprint density at radius 3 is 1.00 bits per heavy atom. The van der Waals surface area contributed by atoms with Gasteiger partial charge in [-0.15, -0.1) is 0 Å². The van der Waals surface area contributed by atoms with Crippen LogP contribution >= 0.6 is 0 Å². The molecule has 0 spiro atoms. The van der Waals surface area contributed by atoms with E-state index in [1.54, 1.807) is 0 Å². The number of rotatable bonds is 4. The Morgan fingerprint density at radius 2 is 0.558 bits per heavy atom. The lowest BCUT2D eigenvalue weighted by Crippen LogP contribution is -1.95. The summed E-state index contributed by atoms with van der Waals surface area (Å²) in [5.74, 6) is 0. The van der Waals surface area contributed by atoms with Gasteiger partial charge < -0.3 is 13.7 Å². The summed E-state index contributed by atoms with van der Waals surface area (Å²) in [5, 5.41) is 7.53. The molecule has 0 aliphatic carbocycles. The SMILES string of the molecule is C.c1ccc(-n2c3ccccc3c3cc(-c4ccc5c(c4)c4ccccc4n5-c4ccc5c(c4)c4ccccc4n5-c4ccccc4)ccc32)cc1. The summed E-state index contributed by atoms with van der Waals surface area (Å²) < 4.78 is 7.18. The van der Waals surface area contributed by atoms with Gasteiger partial charge in [-0.25, -0.2) is 0 Å². The van der Waals surface area contributed by atoms with Crippen molar-refractivity contribution in [2.75, 3.05) is 0 Å². The number of fused-ring (bicyclic) bond motifs is 9. The first-order valence-corrected chi connectivity index (χ1v) is 17.5. The Labute approximate surface area is 301 Å². The molecule has 246 valence electrons. The highest BCUT2D eigenvalue weighted by molar-refractivity contribution is 6.14. The van der Waals surface area contributed by atoms with Crippen LogP contribution in [0.1, 0.15) is 7.43 Å². The summed E-state index contributed by atoms with van der Waals surface area (Å²) in [5.41, 5.74) is 13.2. The molecule has 0 aliphatic heterocycles. The first-order chi connectivity index (χ1) is 25.3. The molecule has 3 nitrogen and oxygen atoms in total. The fourth-order valence-corrected chi connectivity index (χ4v) is 8.39. The fraction of sp³-hybridized carbons (Fsp3) is 0.0204. The van der Waals surface area contributed by atoms with Crippen molar-refractivity contribution < 1.29 is 0 Å². The average molecular weight is 666 g/mol. The second-order valence-electron chi connectivity index (χ2n) is 13.4. The summed E-state index contributed by atoms with van der Waals surface area (Å²) in [6, 6.07) is 68.4. The quantitative estimate of drug-likeness (QED) is 0.178. The number of nitrogens with zero attached hydrogens (tertiary/aromatic N) is 3. The van der Waals surface area contributed by atoms with Gasteiger partial charge in [0, 0.05) is 49.4 Å². The van der Waals surface area contributed by atoms with Crippen molar-refractivity contribution in [2.24, 2.45) is 0 Å². The molecule has 0 atom stereocenters. The summed E-state index contributed by atoms with van der Waals surface area (Å²) >= 11 is 0. The third kappa shape index (κ3) is 4.33. The average Bonchev–Trinajstić information content (AvgIpc) is 3.83. The van der Waals surface area contributed by atoms with Crippen LogP contribution in [0, 0.1) is 0 Å². The highest BCUT2D eigenvalue weighted by atomic mass is 15.0. The van der Waals surface area contributed by atoms with Crippen molar-refractivity contribution in [3.63, 3.8) is 0 Å². The monoisotopic (exact) mass is 665 g/mol. The lowest BCUT2D eigenvalue weighted by Gasteiger charge is -2.11. The van der Waals surface area contributed by atoms with Crippen molar-refractivity contribution in [1.29, 1.82) is 0 Å². The zero-order chi connectivity index (χ0) is 33.5. The Morgan fingerprint density at radius 1 is 0.231 bits per heavy atom. The minimum Gasteiger partial charge on any atom is -0.309 e. The number of hydrogen-bond donors (Lipinski definition) is 0. The zero-order valence-corrected chi connectivity index (χ0v) is 27.7. The smallest absolute Gasteiger partial charge is 0.0542 e. The zero-order valence-electron chi connectivity index (χ0n) is 27.7. The third-order valence-electron chi connectivity index (χ3n) is 10.6. The topological polar surface area (TPSA) is 14.8 Å². The first kappa shape index (κ1) is 30.0. The van der Waals surface area contributed by atoms with Crippen LogP contribution in [-0.2, 0) is 0 Å². The molecular weight excluding hydrogens is 631 g/mol. The van der Waals surface area contributed by atoms with Gasteiger partial charge in [-0.3, -0.25) is 0 Å². The van der Waals surface area contributed by atoms with Crippen molar-refractivity contribution >= 4 is 65.4 Å². The van der Waals surface area contributed by atoms with Crippen LogP contribution in [0.15, 0.2) is 188 Å². The van der Waals surface area contributed by atoms with Gasteiger partial charge in [0.2, 0.25) is 0 Å². The van der Waals surface area contributed by atoms with Gasteiger partial charge in [-0.2, -0.15) is 0 Å². The molecule has 3 aromatic heterocycles. The molecule has 0 fully saturated rings. The van der Waals surface area contributed by atoms with Crippen LogP contribution in [0.2, 0.25) is 0 Å². The van der Waals surface area contributed by atoms with Crippen LogP contribution in [-0.4, -0.2) is 13.7 Å². The molecule has 52 heavy (non-hydrogen) atoms. The van der Waals surface area contributed by atoms with Crippen LogP contribution in [0.3, 0.4) is 0 Å². The number of para-hydroxylation sites is 5. The molecule has 0 saturated carbocycles. The molecule has 8 aromatic carbocycles. The summed E-state index contributed by atoms with van der Waals surface area (Å²) in [6.45, 7) is 0. The van der Waals surface area contributed by atoms with E-state index >= 15 is 0 Å². The largest absolute Gasteiger partial charge is 0.309 e. The van der Waals surface area contributed by atoms with Crippen LogP contribution in [0.5, 0.6) is 0 Å². The molecule has 3 heterocycles. The molecule has 0 unspecified atom stereocenters. The van der Waals surface area contributed by atoms with Gasteiger partial charge in [0.05, 0.1) is 33.1 Å². The van der Waals surface area contributed by atoms with E-state index in [0.717, 1.165) is 5.69 Å². The minimum atomic E-state index is 0. The standard InChI is InChI=1S/C48H31N3.CH4/c1-3-13-34(14-4-1)49-43-20-10-7-17-37(43)40-29-32(23-26-46(40)49)33-24-27-47-41(30-33)38-18-8-12-22-45(38)51(47)36-25-28-48-42(31-36)39-19-9-11-21-44(39)50(48)35-15-5-2-6-16-35;/h1-31H;1H4.